The number of carbonyl (C=O) groups is 2. The van der Waals surface area contributed by atoms with E-state index in [1.807, 2.05) is 26.8 Å². The van der Waals surface area contributed by atoms with Gasteiger partial charge < -0.3 is 10.4 Å². The van der Waals surface area contributed by atoms with E-state index in [0.29, 0.717) is 29.7 Å². The van der Waals surface area contributed by atoms with E-state index >= 15 is 0 Å². The Hall–Kier alpha value is -2.44. The fourth-order valence-electron chi connectivity index (χ4n) is 2.47. The minimum absolute atomic E-state index is 0.328. The van der Waals surface area contributed by atoms with E-state index in [1.165, 1.54) is 0 Å². The number of aliphatic carboxylic acids is 1. The number of carboxylic acids is 1. The number of fused-ring (bicyclic) bond motifs is 1. The van der Waals surface area contributed by atoms with Crippen molar-refractivity contribution in [2.75, 3.05) is 0 Å². The predicted molar refractivity (Wildman–Crippen MR) is 81.0 cm³/mol. The van der Waals surface area contributed by atoms with Crippen LogP contribution in [0.5, 0.6) is 0 Å². The molecule has 7 heteroatoms. The monoisotopic (exact) mass is 304 g/mol. The van der Waals surface area contributed by atoms with Gasteiger partial charge in [-0.2, -0.15) is 5.10 Å². The largest absolute Gasteiger partial charge is 0.480 e. The van der Waals surface area contributed by atoms with Crippen molar-refractivity contribution in [1.82, 2.24) is 19.9 Å². The zero-order chi connectivity index (χ0) is 16.4. The maximum atomic E-state index is 12.5. The smallest absolute Gasteiger partial charge is 0.326 e. The zero-order valence-electron chi connectivity index (χ0n) is 13.2. The van der Waals surface area contributed by atoms with Crippen molar-refractivity contribution in [2.24, 2.45) is 0 Å². The second-order valence-corrected chi connectivity index (χ2v) is 5.39. The Balaban J connectivity index is 2.43. The summed E-state index contributed by atoms with van der Waals surface area (Å²) in [6.45, 7) is 7.31. The Morgan fingerprint density at radius 1 is 1.36 bits per heavy atom. The van der Waals surface area contributed by atoms with Gasteiger partial charge in [0.2, 0.25) is 0 Å². The molecule has 2 aromatic rings. The SMILES string of the molecule is CCCC(NC(=O)c1c(C)nn2c(C)cc(C)nc12)C(=O)O. The Morgan fingerprint density at radius 3 is 2.64 bits per heavy atom. The van der Waals surface area contributed by atoms with Crippen molar-refractivity contribution in [3.8, 4) is 0 Å². The lowest BCUT2D eigenvalue weighted by Gasteiger charge is -2.13. The zero-order valence-corrected chi connectivity index (χ0v) is 13.2. The van der Waals surface area contributed by atoms with E-state index in [2.05, 4.69) is 15.4 Å². The first-order valence-electron chi connectivity index (χ1n) is 7.22. The molecule has 1 amide bonds. The summed E-state index contributed by atoms with van der Waals surface area (Å²) >= 11 is 0. The minimum Gasteiger partial charge on any atom is -0.480 e. The number of nitrogens with zero attached hydrogens (tertiary/aromatic N) is 3. The third-order valence-corrected chi connectivity index (χ3v) is 3.48. The maximum Gasteiger partial charge on any atom is 0.326 e. The van der Waals surface area contributed by atoms with Crippen LogP contribution >= 0.6 is 0 Å². The average Bonchev–Trinajstić information content (AvgIpc) is 2.74. The molecule has 0 saturated heterocycles. The molecule has 2 heterocycles. The lowest BCUT2D eigenvalue weighted by atomic mass is 10.1. The number of aromatic nitrogens is 3. The molecule has 0 bridgehead atoms. The number of amides is 1. The highest BCUT2D eigenvalue weighted by Gasteiger charge is 2.24. The first-order valence-corrected chi connectivity index (χ1v) is 7.22. The van der Waals surface area contributed by atoms with Gasteiger partial charge in [-0.3, -0.25) is 4.79 Å². The summed E-state index contributed by atoms with van der Waals surface area (Å²) in [6.07, 6.45) is 1.05. The summed E-state index contributed by atoms with van der Waals surface area (Å²) in [5.41, 5.74) is 2.96. The molecule has 22 heavy (non-hydrogen) atoms. The fraction of sp³-hybridized carbons (Fsp3) is 0.467. The molecular formula is C15H20N4O3. The van der Waals surface area contributed by atoms with Gasteiger partial charge in [-0.05, 0) is 33.3 Å². The molecule has 0 spiro atoms. The first-order chi connectivity index (χ1) is 10.3. The van der Waals surface area contributed by atoms with Gasteiger partial charge in [0.15, 0.2) is 5.65 Å². The second kappa shape index (κ2) is 6.13. The Labute approximate surface area is 128 Å². The highest BCUT2D eigenvalue weighted by atomic mass is 16.4. The van der Waals surface area contributed by atoms with E-state index in [-0.39, 0.29) is 0 Å². The molecule has 0 aliphatic heterocycles. The van der Waals surface area contributed by atoms with Gasteiger partial charge in [-0.1, -0.05) is 13.3 Å². The summed E-state index contributed by atoms with van der Waals surface area (Å²) in [6, 6.07) is 0.968. The van der Waals surface area contributed by atoms with Crippen LogP contribution in [0.3, 0.4) is 0 Å². The number of aryl methyl sites for hydroxylation is 3. The lowest BCUT2D eigenvalue weighted by Crippen LogP contribution is -2.40. The number of carbonyl (C=O) groups excluding carboxylic acids is 1. The molecule has 2 rings (SSSR count). The van der Waals surface area contributed by atoms with E-state index in [9.17, 15) is 14.7 Å². The van der Waals surface area contributed by atoms with Crippen LogP contribution in [0.1, 0.15) is 47.2 Å². The molecule has 0 aliphatic rings. The van der Waals surface area contributed by atoms with Gasteiger partial charge in [-0.15, -0.1) is 0 Å². The highest BCUT2D eigenvalue weighted by Crippen LogP contribution is 2.16. The molecule has 118 valence electrons. The average molecular weight is 304 g/mol. The number of rotatable bonds is 5. The van der Waals surface area contributed by atoms with Crippen molar-refractivity contribution < 1.29 is 14.7 Å². The summed E-state index contributed by atoms with van der Waals surface area (Å²) in [5, 5.41) is 16.0. The molecule has 0 radical (unpaired) electrons. The molecule has 0 fully saturated rings. The summed E-state index contributed by atoms with van der Waals surface area (Å²) in [5.74, 6) is -1.49. The van der Waals surface area contributed by atoms with Crippen molar-refractivity contribution >= 4 is 17.5 Å². The predicted octanol–water partition coefficient (Wildman–Crippen LogP) is 1.64. The van der Waals surface area contributed by atoms with E-state index in [0.717, 1.165) is 11.4 Å². The van der Waals surface area contributed by atoms with Crippen LogP contribution in [0.2, 0.25) is 0 Å². The first kappa shape index (κ1) is 15.9. The lowest BCUT2D eigenvalue weighted by molar-refractivity contribution is -0.139. The van der Waals surface area contributed by atoms with Gasteiger partial charge in [0.25, 0.3) is 5.91 Å². The maximum absolute atomic E-state index is 12.5. The Kier molecular flexibility index (Phi) is 4.44. The van der Waals surface area contributed by atoms with Crippen LogP contribution in [0.15, 0.2) is 6.07 Å². The van der Waals surface area contributed by atoms with Crippen molar-refractivity contribution in [2.45, 2.75) is 46.6 Å². The summed E-state index contributed by atoms with van der Waals surface area (Å²) < 4.78 is 1.60. The van der Waals surface area contributed by atoms with Crippen LogP contribution in [-0.4, -0.2) is 37.6 Å². The molecular weight excluding hydrogens is 284 g/mol. The molecule has 0 aromatic carbocycles. The van der Waals surface area contributed by atoms with Crippen molar-refractivity contribution in [3.05, 3.63) is 28.7 Å². The summed E-state index contributed by atoms with van der Waals surface area (Å²) in [4.78, 5) is 28.1. The number of hydrogen-bond donors (Lipinski definition) is 2. The quantitative estimate of drug-likeness (QED) is 0.875. The second-order valence-electron chi connectivity index (χ2n) is 5.39. The number of hydrogen-bond acceptors (Lipinski definition) is 4. The van der Waals surface area contributed by atoms with E-state index < -0.39 is 17.9 Å². The van der Waals surface area contributed by atoms with Crippen LogP contribution in [0.4, 0.5) is 0 Å². The van der Waals surface area contributed by atoms with Gasteiger partial charge in [0.05, 0.1) is 5.69 Å². The van der Waals surface area contributed by atoms with Gasteiger partial charge in [0.1, 0.15) is 11.6 Å². The normalized spacial score (nSPS) is 12.4. The molecule has 7 nitrogen and oxygen atoms in total. The number of carboxylic acid groups (broad SMARTS) is 1. The van der Waals surface area contributed by atoms with Crippen LogP contribution in [0.25, 0.3) is 5.65 Å². The number of nitrogens with one attached hydrogen (secondary N) is 1. The molecule has 2 aromatic heterocycles. The Morgan fingerprint density at radius 2 is 2.05 bits per heavy atom. The molecule has 0 aliphatic carbocycles. The van der Waals surface area contributed by atoms with Crippen LogP contribution in [-0.2, 0) is 4.79 Å². The topological polar surface area (TPSA) is 96.6 Å². The molecule has 1 atom stereocenters. The van der Waals surface area contributed by atoms with E-state index in [1.54, 1.807) is 11.4 Å². The van der Waals surface area contributed by atoms with Gasteiger partial charge in [-0.25, -0.2) is 14.3 Å². The van der Waals surface area contributed by atoms with Crippen molar-refractivity contribution in [3.63, 3.8) is 0 Å². The Bertz CT molecular complexity index is 736. The van der Waals surface area contributed by atoms with Crippen LogP contribution < -0.4 is 5.32 Å². The fourth-order valence-corrected chi connectivity index (χ4v) is 2.47. The summed E-state index contributed by atoms with van der Waals surface area (Å²) in [7, 11) is 0. The minimum atomic E-state index is -1.04. The third kappa shape index (κ3) is 2.93. The standard InChI is InChI=1S/C15H20N4O3/c1-5-6-11(15(21)22)17-14(20)12-10(4)18-19-9(3)7-8(2)16-13(12)19/h7,11H,5-6H2,1-4H3,(H,17,20)(H,21,22). The molecule has 2 N–H and O–H groups in total. The molecule has 0 saturated carbocycles. The van der Waals surface area contributed by atoms with Crippen molar-refractivity contribution in [1.29, 1.82) is 0 Å². The highest BCUT2D eigenvalue weighted by molar-refractivity contribution is 6.02. The van der Waals surface area contributed by atoms with E-state index in [4.69, 9.17) is 0 Å². The van der Waals surface area contributed by atoms with Gasteiger partial charge >= 0.3 is 5.97 Å². The molecule has 1 unspecified atom stereocenters. The third-order valence-electron chi connectivity index (χ3n) is 3.48. The van der Waals surface area contributed by atoms with Crippen LogP contribution in [0, 0.1) is 20.8 Å². The van der Waals surface area contributed by atoms with Gasteiger partial charge in [0, 0.05) is 11.4 Å².